The maximum atomic E-state index is 5.45. The van der Waals surface area contributed by atoms with Gasteiger partial charge in [-0.2, -0.15) is 10.2 Å². The van der Waals surface area contributed by atoms with Crippen LogP contribution >= 0.6 is 0 Å². The van der Waals surface area contributed by atoms with Crippen molar-refractivity contribution in [3.8, 4) is 11.5 Å². The summed E-state index contributed by atoms with van der Waals surface area (Å²) < 4.78 is 10.5. The van der Waals surface area contributed by atoms with E-state index in [2.05, 4.69) is 23.7 Å². The minimum Gasteiger partial charge on any atom is -0.494 e. The van der Waals surface area contributed by atoms with Crippen molar-refractivity contribution in [2.75, 3.05) is 6.61 Å². The molecule has 0 fully saturated rings. The Labute approximate surface area is 161 Å². The molecule has 27 heavy (non-hydrogen) atoms. The molecule has 0 aliphatic carbocycles. The Bertz CT molecular complexity index is 751. The molecule has 6 heteroatoms. The summed E-state index contributed by atoms with van der Waals surface area (Å²) in [4.78, 5) is 0. The number of benzene rings is 2. The number of hydrogen-bond donors (Lipinski definition) is 2. The third-order valence-corrected chi connectivity index (χ3v) is 3.62. The zero-order valence-electron chi connectivity index (χ0n) is 16.2. The van der Waals surface area contributed by atoms with Crippen LogP contribution in [0.3, 0.4) is 0 Å². The molecule has 0 saturated carbocycles. The van der Waals surface area contributed by atoms with Gasteiger partial charge < -0.3 is 21.2 Å². The van der Waals surface area contributed by atoms with Crippen molar-refractivity contribution in [1.29, 1.82) is 0 Å². The van der Waals surface area contributed by atoms with Crippen LogP contribution in [0.1, 0.15) is 38.3 Å². The van der Waals surface area contributed by atoms with Gasteiger partial charge in [-0.05, 0) is 79.9 Å². The third-order valence-electron chi connectivity index (χ3n) is 3.62. The van der Waals surface area contributed by atoms with E-state index in [1.54, 1.807) is 0 Å². The average Bonchev–Trinajstić information content (AvgIpc) is 2.72. The van der Waals surface area contributed by atoms with Crippen molar-refractivity contribution < 1.29 is 9.47 Å². The third kappa shape index (κ3) is 7.64. The van der Waals surface area contributed by atoms with Crippen molar-refractivity contribution in [2.24, 2.45) is 21.9 Å². The number of nitrogens with zero attached hydrogens (tertiary/aromatic N) is 2. The van der Waals surface area contributed by atoms with Crippen LogP contribution in [0.2, 0.25) is 0 Å². The second kappa shape index (κ2) is 12.1. The molecule has 0 radical (unpaired) electrons. The average molecular weight is 368 g/mol. The zero-order valence-corrected chi connectivity index (χ0v) is 16.2. The minimum absolute atomic E-state index is 0.753. The van der Waals surface area contributed by atoms with Gasteiger partial charge in [-0.3, -0.25) is 0 Å². The molecule has 0 saturated heterocycles. The summed E-state index contributed by atoms with van der Waals surface area (Å²) in [5.74, 6) is 12.0. The molecule has 0 unspecified atom stereocenters. The fraction of sp³-hybridized carbons (Fsp3) is 0.238. The van der Waals surface area contributed by atoms with Crippen molar-refractivity contribution in [2.45, 2.75) is 27.2 Å². The van der Waals surface area contributed by atoms with E-state index in [4.69, 9.17) is 21.2 Å². The van der Waals surface area contributed by atoms with Crippen LogP contribution in [0, 0.1) is 0 Å². The van der Waals surface area contributed by atoms with Crippen LogP contribution < -0.4 is 21.2 Å². The highest BCUT2D eigenvalue weighted by atomic mass is 16.5. The molecule has 0 atom stereocenters. The molecule has 144 valence electrons. The van der Waals surface area contributed by atoms with Crippen LogP contribution in [0.25, 0.3) is 0 Å². The standard InChI is InChI=1S/C11H16N2O.C10H12N2O/c1-3-8-14-11-6-4-10(5-7-11)9(2)13-12;1-3-13-10-6-4-9(5-7-10)8(2)12-11/h4-7H,3,8,12H2,1-2H3;3-7H,1,11H2,2H3/b13-9-;12-8-. The smallest absolute Gasteiger partial charge is 0.126 e. The number of ether oxygens (including phenoxy) is 2. The Morgan fingerprint density at radius 1 is 0.889 bits per heavy atom. The van der Waals surface area contributed by atoms with E-state index in [0.717, 1.165) is 47.1 Å². The van der Waals surface area contributed by atoms with Crippen molar-refractivity contribution in [3.05, 3.63) is 72.5 Å². The van der Waals surface area contributed by atoms with Gasteiger partial charge in [0, 0.05) is 0 Å². The van der Waals surface area contributed by atoms with Gasteiger partial charge in [0.25, 0.3) is 0 Å². The predicted octanol–water partition coefficient (Wildman–Crippen LogP) is 4.05. The molecule has 0 aliphatic heterocycles. The predicted molar refractivity (Wildman–Crippen MR) is 112 cm³/mol. The lowest BCUT2D eigenvalue weighted by Crippen LogP contribution is -1.99. The summed E-state index contributed by atoms with van der Waals surface area (Å²) in [5, 5.41) is 7.22. The molecule has 0 amide bonds. The maximum Gasteiger partial charge on any atom is 0.126 e. The highest BCUT2D eigenvalue weighted by molar-refractivity contribution is 5.99. The molecule has 2 aromatic rings. The fourth-order valence-corrected chi connectivity index (χ4v) is 2.03. The first-order valence-corrected chi connectivity index (χ1v) is 8.65. The molecule has 0 heterocycles. The van der Waals surface area contributed by atoms with Gasteiger partial charge in [0.1, 0.15) is 11.5 Å². The van der Waals surface area contributed by atoms with E-state index in [1.165, 1.54) is 6.26 Å². The first-order chi connectivity index (χ1) is 13.0. The van der Waals surface area contributed by atoms with Gasteiger partial charge in [0.05, 0.1) is 24.3 Å². The fourth-order valence-electron chi connectivity index (χ4n) is 2.03. The van der Waals surface area contributed by atoms with Gasteiger partial charge in [0.2, 0.25) is 0 Å². The first-order valence-electron chi connectivity index (χ1n) is 8.65. The van der Waals surface area contributed by atoms with Crippen LogP contribution in [-0.4, -0.2) is 18.0 Å². The van der Waals surface area contributed by atoms with Crippen LogP contribution in [0.5, 0.6) is 11.5 Å². The van der Waals surface area contributed by atoms with E-state index in [1.807, 2.05) is 62.4 Å². The molecule has 0 aliphatic rings. The summed E-state index contributed by atoms with van der Waals surface area (Å²) in [6.45, 7) is 10.0. The summed E-state index contributed by atoms with van der Waals surface area (Å²) in [6.07, 6.45) is 2.41. The molecular formula is C21H28N4O2. The normalized spacial score (nSPS) is 11.2. The Morgan fingerprint density at radius 3 is 1.70 bits per heavy atom. The molecule has 0 bridgehead atoms. The number of rotatable bonds is 7. The molecule has 6 nitrogen and oxygen atoms in total. The highest BCUT2D eigenvalue weighted by Crippen LogP contribution is 2.13. The van der Waals surface area contributed by atoms with Crippen LogP contribution in [-0.2, 0) is 0 Å². The second-order valence-corrected chi connectivity index (χ2v) is 5.61. The summed E-state index contributed by atoms with van der Waals surface area (Å²) in [6, 6.07) is 15.2. The Balaban J connectivity index is 0.000000271. The lowest BCUT2D eigenvalue weighted by molar-refractivity contribution is 0.317. The van der Waals surface area contributed by atoms with E-state index in [-0.39, 0.29) is 0 Å². The number of nitrogens with two attached hydrogens (primary N) is 2. The summed E-state index contributed by atoms with van der Waals surface area (Å²) in [7, 11) is 0. The SMILES string of the molecule is C=COc1ccc(/C(C)=N\N)cc1.CCCOc1ccc(/C(C)=N\N)cc1. The van der Waals surface area contributed by atoms with E-state index in [9.17, 15) is 0 Å². The van der Waals surface area contributed by atoms with Crippen molar-refractivity contribution in [3.63, 3.8) is 0 Å². The summed E-state index contributed by atoms with van der Waals surface area (Å²) >= 11 is 0. The van der Waals surface area contributed by atoms with Gasteiger partial charge in [-0.25, -0.2) is 0 Å². The quantitative estimate of drug-likeness (QED) is 0.333. The van der Waals surface area contributed by atoms with Gasteiger partial charge in [0.15, 0.2) is 0 Å². The number of hydrazone groups is 2. The second-order valence-electron chi connectivity index (χ2n) is 5.61. The van der Waals surface area contributed by atoms with Gasteiger partial charge in [-0.1, -0.05) is 13.5 Å². The number of hydrogen-bond acceptors (Lipinski definition) is 6. The molecule has 2 rings (SSSR count). The molecule has 0 aromatic heterocycles. The minimum atomic E-state index is 0.753. The van der Waals surface area contributed by atoms with E-state index >= 15 is 0 Å². The van der Waals surface area contributed by atoms with E-state index in [0.29, 0.717) is 0 Å². The molecule has 2 aromatic carbocycles. The largest absolute Gasteiger partial charge is 0.494 e. The van der Waals surface area contributed by atoms with Crippen LogP contribution in [0.4, 0.5) is 0 Å². The Hall–Kier alpha value is -3.28. The van der Waals surface area contributed by atoms with Crippen LogP contribution in [0.15, 0.2) is 71.6 Å². The lowest BCUT2D eigenvalue weighted by Gasteiger charge is -2.05. The topological polar surface area (TPSA) is 95.2 Å². The molecular weight excluding hydrogens is 340 g/mol. The Kier molecular flexibility index (Phi) is 9.78. The lowest BCUT2D eigenvalue weighted by atomic mass is 10.1. The molecule has 0 spiro atoms. The van der Waals surface area contributed by atoms with E-state index < -0.39 is 0 Å². The summed E-state index contributed by atoms with van der Waals surface area (Å²) in [5.41, 5.74) is 3.63. The van der Waals surface area contributed by atoms with Crippen molar-refractivity contribution in [1.82, 2.24) is 0 Å². The maximum absolute atomic E-state index is 5.45. The monoisotopic (exact) mass is 368 g/mol. The Morgan fingerprint density at radius 2 is 1.33 bits per heavy atom. The highest BCUT2D eigenvalue weighted by Gasteiger charge is 1.98. The van der Waals surface area contributed by atoms with Gasteiger partial charge in [-0.15, -0.1) is 0 Å². The molecule has 4 N–H and O–H groups in total. The zero-order chi connectivity index (χ0) is 20.1. The van der Waals surface area contributed by atoms with Crippen molar-refractivity contribution >= 4 is 11.4 Å². The van der Waals surface area contributed by atoms with Gasteiger partial charge >= 0.3 is 0 Å². The first kappa shape index (κ1) is 21.8.